The number of amides is 2. The van der Waals surface area contributed by atoms with Gasteiger partial charge in [0.2, 0.25) is 0 Å². The van der Waals surface area contributed by atoms with Crippen LogP contribution in [-0.4, -0.2) is 16.9 Å². The van der Waals surface area contributed by atoms with Crippen LogP contribution in [0.1, 0.15) is 16.7 Å². The van der Waals surface area contributed by atoms with E-state index in [0.29, 0.717) is 11.3 Å². The molecule has 5 nitrogen and oxygen atoms in total. The summed E-state index contributed by atoms with van der Waals surface area (Å²) in [4.78, 5) is 26.2. The van der Waals surface area contributed by atoms with Crippen LogP contribution in [0.15, 0.2) is 46.8 Å². The van der Waals surface area contributed by atoms with Crippen LogP contribution < -0.4 is 10.2 Å². The number of aryl methyl sites for hydroxylation is 2. The number of nitrogens with one attached hydrogen (secondary N) is 1. The lowest BCUT2D eigenvalue weighted by atomic mass is 10.1. The molecule has 1 aliphatic rings. The van der Waals surface area contributed by atoms with Gasteiger partial charge in [0.1, 0.15) is 5.57 Å². The maximum absolute atomic E-state index is 12.8. The van der Waals surface area contributed by atoms with Crippen LogP contribution in [-0.2, 0) is 9.59 Å². The lowest BCUT2D eigenvalue weighted by Gasteiger charge is -2.29. The molecular weight excluding hydrogens is 312 g/mol. The zero-order chi connectivity index (χ0) is 16.6. The maximum Gasteiger partial charge on any atom is 0.270 e. The van der Waals surface area contributed by atoms with Crippen molar-refractivity contribution in [2.24, 2.45) is 0 Å². The van der Waals surface area contributed by atoms with Gasteiger partial charge in [0.15, 0.2) is 5.11 Å². The molecule has 23 heavy (non-hydrogen) atoms. The van der Waals surface area contributed by atoms with Crippen LogP contribution in [0.4, 0.5) is 5.69 Å². The Labute approximate surface area is 138 Å². The van der Waals surface area contributed by atoms with Gasteiger partial charge in [-0.2, -0.15) is 0 Å². The molecule has 6 heteroatoms. The van der Waals surface area contributed by atoms with Gasteiger partial charge >= 0.3 is 0 Å². The minimum atomic E-state index is -0.512. The standard InChI is InChI=1S/C17H14N2O3S/c1-10-5-11(2)7-13(6-10)19-16(21)14(15(20)18-17(19)23)8-12-3-4-22-9-12/h3-9H,1-2H3,(H,18,20,23)/b14-8+. The number of carbonyl (C=O) groups excluding carboxylic acids is 2. The van der Waals surface area contributed by atoms with Crippen molar-refractivity contribution < 1.29 is 14.0 Å². The van der Waals surface area contributed by atoms with E-state index >= 15 is 0 Å². The molecule has 2 heterocycles. The second-order valence-electron chi connectivity index (χ2n) is 5.36. The van der Waals surface area contributed by atoms with E-state index in [2.05, 4.69) is 5.32 Å². The molecule has 1 aliphatic heterocycles. The molecule has 1 N–H and O–H groups in total. The molecule has 1 aromatic heterocycles. The minimum absolute atomic E-state index is 0.0131. The fraction of sp³-hybridized carbons (Fsp3) is 0.118. The third-order valence-electron chi connectivity index (χ3n) is 3.42. The van der Waals surface area contributed by atoms with E-state index in [4.69, 9.17) is 16.6 Å². The Balaban J connectivity index is 2.05. The largest absolute Gasteiger partial charge is 0.472 e. The van der Waals surface area contributed by atoms with E-state index in [1.807, 2.05) is 32.0 Å². The number of furan rings is 1. The molecule has 2 amide bonds. The Morgan fingerprint density at radius 3 is 2.48 bits per heavy atom. The molecule has 0 aliphatic carbocycles. The molecule has 0 atom stereocenters. The monoisotopic (exact) mass is 326 g/mol. The lowest BCUT2D eigenvalue weighted by molar-refractivity contribution is -0.122. The van der Waals surface area contributed by atoms with Crippen molar-refractivity contribution in [3.8, 4) is 0 Å². The van der Waals surface area contributed by atoms with Gasteiger partial charge < -0.3 is 4.42 Å². The number of hydrogen-bond acceptors (Lipinski definition) is 4. The number of rotatable bonds is 2. The van der Waals surface area contributed by atoms with Crippen LogP contribution in [0.3, 0.4) is 0 Å². The van der Waals surface area contributed by atoms with Crippen molar-refractivity contribution in [1.29, 1.82) is 0 Å². The molecular formula is C17H14N2O3S. The Morgan fingerprint density at radius 1 is 1.17 bits per heavy atom. The predicted octanol–water partition coefficient (Wildman–Crippen LogP) is 2.73. The molecule has 1 aromatic carbocycles. The second-order valence-corrected chi connectivity index (χ2v) is 5.75. The molecule has 2 aromatic rings. The number of thiocarbonyl (C=S) groups is 1. The van der Waals surface area contributed by atoms with E-state index in [1.54, 1.807) is 6.07 Å². The summed E-state index contributed by atoms with van der Waals surface area (Å²) in [6.07, 6.45) is 4.42. The molecule has 116 valence electrons. The first-order valence-corrected chi connectivity index (χ1v) is 7.38. The number of benzene rings is 1. The molecule has 1 saturated heterocycles. The summed E-state index contributed by atoms with van der Waals surface area (Å²) in [5.41, 5.74) is 3.30. The smallest absolute Gasteiger partial charge is 0.270 e. The third kappa shape index (κ3) is 2.93. The van der Waals surface area contributed by atoms with E-state index in [-0.39, 0.29) is 10.7 Å². The first-order chi connectivity index (χ1) is 11.0. The van der Waals surface area contributed by atoms with Crippen LogP contribution in [0.2, 0.25) is 0 Å². The summed E-state index contributed by atoms with van der Waals surface area (Å²) in [6, 6.07) is 7.37. The highest BCUT2D eigenvalue weighted by atomic mass is 32.1. The summed E-state index contributed by atoms with van der Waals surface area (Å²) in [7, 11) is 0. The average Bonchev–Trinajstić information content (AvgIpc) is 2.95. The van der Waals surface area contributed by atoms with Crippen molar-refractivity contribution in [1.82, 2.24) is 5.32 Å². The zero-order valence-corrected chi connectivity index (χ0v) is 13.4. The minimum Gasteiger partial charge on any atom is -0.472 e. The average molecular weight is 326 g/mol. The summed E-state index contributed by atoms with van der Waals surface area (Å²) in [5.74, 6) is -0.966. The van der Waals surface area contributed by atoms with Crippen LogP contribution >= 0.6 is 12.2 Å². The molecule has 0 bridgehead atoms. The third-order valence-corrected chi connectivity index (χ3v) is 3.71. The number of carbonyl (C=O) groups is 2. The van der Waals surface area contributed by atoms with Crippen molar-refractivity contribution in [2.75, 3.05) is 4.90 Å². The van der Waals surface area contributed by atoms with E-state index in [0.717, 1.165) is 11.1 Å². The van der Waals surface area contributed by atoms with E-state index in [1.165, 1.54) is 23.5 Å². The number of anilines is 1. The summed E-state index contributed by atoms with van der Waals surface area (Å²) >= 11 is 5.18. The molecule has 0 saturated carbocycles. The number of nitrogens with zero attached hydrogens (tertiary/aromatic N) is 1. The highest BCUT2D eigenvalue weighted by Gasteiger charge is 2.34. The van der Waals surface area contributed by atoms with Gasteiger partial charge in [0, 0.05) is 5.56 Å². The number of hydrogen-bond donors (Lipinski definition) is 1. The maximum atomic E-state index is 12.8. The first kappa shape index (κ1) is 15.2. The molecule has 0 unspecified atom stereocenters. The van der Waals surface area contributed by atoms with Gasteiger partial charge in [-0.05, 0) is 61.5 Å². The van der Waals surface area contributed by atoms with Gasteiger partial charge in [0.25, 0.3) is 11.8 Å². The zero-order valence-electron chi connectivity index (χ0n) is 12.6. The van der Waals surface area contributed by atoms with Crippen LogP contribution in [0, 0.1) is 13.8 Å². The summed E-state index contributed by atoms with van der Waals surface area (Å²) in [5, 5.41) is 2.64. The normalized spacial score (nSPS) is 16.9. The van der Waals surface area contributed by atoms with Crippen molar-refractivity contribution in [3.05, 3.63) is 59.1 Å². The summed E-state index contributed by atoms with van der Waals surface area (Å²) < 4.78 is 4.96. The SMILES string of the molecule is Cc1cc(C)cc(N2C(=O)/C(=C/c3ccoc3)C(=O)NC2=S)c1. The Bertz CT molecular complexity index is 817. The van der Waals surface area contributed by atoms with Crippen molar-refractivity contribution in [2.45, 2.75) is 13.8 Å². The Hall–Kier alpha value is -2.73. The molecule has 0 spiro atoms. The van der Waals surface area contributed by atoms with E-state index < -0.39 is 11.8 Å². The lowest BCUT2D eigenvalue weighted by Crippen LogP contribution is -2.54. The van der Waals surface area contributed by atoms with Gasteiger partial charge in [-0.3, -0.25) is 19.8 Å². The van der Waals surface area contributed by atoms with Gasteiger partial charge in [-0.25, -0.2) is 0 Å². The second kappa shape index (κ2) is 5.81. The van der Waals surface area contributed by atoms with Gasteiger partial charge in [0.05, 0.1) is 18.2 Å². The first-order valence-electron chi connectivity index (χ1n) is 6.97. The van der Waals surface area contributed by atoms with Crippen LogP contribution in [0.5, 0.6) is 0 Å². The summed E-state index contributed by atoms with van der Waals surface area (Å²) in [6.45, 7) is 3.88. The molecule has 3 rings (SSSR count). The highest BCUT2D eigenvalue weighted by Crippen LogP contribution is 2.24. The van der Waals surface area contributed by atoms with E-state index in [9.17, 15) is 9.59 Å². The van der Waals surface area contributed by atoms with Gasteiger partial charge in [-0.15, -0.1) is 0 Å². The van der Waals surface area contributed by atoms with Crippen molar-refractivity contribution in [3.63, 3.8) is 0 Å². The quantitative estimate of drug-likeness (QED) is 0.524. The van der Waals surface area contributed by atoms with Crippen LogP contribution in [0.25, 0.3) is 6.08 Å². The predicted molar refractivity (Wildman–Crippen MR) is 90.8 cm³/mol. The Morgan fingerprint density at radius 2 is 1.87 bits per heavy atom. The van der Waals surface area contributed by atoms with Crippen molar-refractivity contribution >= 4 is 40.9 Å². The molecule has 1 fully saturated rings. The fourth-order valence-corrected chi connectivity index (χ4v) is 2.78. The Kier molecular flexibility index (Phi) is 3.83. The fourth-order valence-electron chi connectivity index (χ4n) is 2.50. The van der Waals surface area contributed by atoms with Gasteiger partial charge in [-0.1, -0.05) is 6.07 Å². The molecule has 0 radical (unpaired) electrons. The topological polar surface area (TPSA) is 62.6 Å². The highest BCUT2D eigenvalue weighted by molar-refractivity contribution is 7.80.